The number of hydrogen-bond acceptors (Lipinski definition) is 5. The molecule has 0 saturated carbocycles. The van der Waals surface area contributed by atoms with E-state index in [4.69, 9.17) is 10.00 Å². The molecule has 0 aliphatic heterocycles. The fourth-order valence-electron chi connectivity index (χ4n) is 4.09. The summed E-state index contributed by atoms with van der Waals surface area (Å²) in [5, 5.41) is 23.7. The van der Waals surface area contributed by atoms with Crippen molar-refractivity contribution in [2.45, 2.75) is 51.6 Å². The van der Waals surface area contributed by atoms with E-state index in [1.165, 1.54) is 0 Å². The largest absolute Gasteiger partial charge is 0.484 e. The third kappa shape index (κ3) is 3.51. The summed E-state index contributed by atoms with van der Waals surface area (Å²) in [6.07, 6.45) is 2.93. The molecule has 1 aromatic carbocycles. The van der Waals surface area contributed by atoms with Crippen molar-refractivity contribution in [2.75, 3.05) is 0 Å². The second-order valence-corrected chi connectivity index (χ2v) is 9.47. The van der Waals surface area contributed by atoms with E-state index in [0.717, 1.165) is 46.2 Å². The Hall–Kier alpha value is -2.67. The van der Waals surface area contributed by atoms with Crippen LogP contribution < -0.4 is 4.74 Å². The van der Waals surface area contributed by atoms with Crippen LogP contribution in [0.15, 0.2) is 24.4 Å². The molecule has 8 heteroatoms. The summed E-state index contributed by atoms with van der Waals surface area (Å²) in [7, 11) is 0. The zero-order chi connectivity index (χ0) is 21.6. The van der Waals surface area contributed by atoms with Crippen LogP contribution in [0.2, 0.25) is 0 Å². The van der Waals surface area contributed by atoms with E-state index >= 15 is 0 Å². The van der Waals surface area contributed by atoms with Gasteiger partial charge in [0.2, 0.25) is 0 Å². The number of pyridine rings is 1. The molecule has 0 amide bonds. The number of aryl methyl sites for hydroxylation is 1. The monoisotopic (exact) mass is 516 g/mol. The molecule has 3 aromatic rings. The summed E-state index contributed by atoms with van der Waals surface area (Å²) >= 11 is 2.08. The smallest absolute Gasteiger partial charge is 0.432 e. The minimum atomic E-state index is -1.12. The van der Waals surface area contributed by atoms with E-state index in [0.29, 0.717) is 20.5 Å². The van der Waals surface area contributed by atoms with Gasteiger partial charge in [-0.2, -0.15) is 15.0 Å². The van der Waals surface area contributed by atoms with Crippen LogP contribution in [0.3, 0.4) is 0 Å². The van der Waals surface area contributed by atoms with Gasteiger partial charge in [-0.25, -0.2) is 4.79 Å². The van der Waals surface area contributed by atoms with Gasteiger partial charge in [0, 0.05) is 17.1 Å². The number of carbonyl (C=O) groups is 1. The van der Waals surface area contributed by atoms with Gasteiger partial charge in [0.05, 0.1) is 16.8 Å². The van der Waals surface area contributed by atoms with Crippen LogP contribution in [0.4, 0.5) is 4.79 Å². The molecule has 4 rings (SSSR count). The van der Waals surface area contributed by atoms with Crippen LogP contribution in [0.5, 0.6) is 5.75 Å². The van der Waals surface area contributed by atoms with Crippen molar-refractivity contribution >= 4 is 39.6 Å². The molecule has 2 heterocycles. The van der Waals surface area contributed by atoms with Crippen molar-refractivity contribution in [1.82, 2.24) is 14.8 Å². The molecule has 0 fully saturated rings. The Bertz CT molecular complexity index is 1200. The number of nitriles is 1. The Morgan fingerprint density at radius 2 is 2.17 bits per heavy atom. The van der Waals surface area contributed by atoms with Gasteiger partial charge in [-0.05, 0) is 71.0 Å². The fraction of sp³-hybridized carbons (Fsp3) is 0.364. The average Bonchev–Trinajstić information content (AvgIpc) is 3.03. The highest BCUT2D eigenvalue weighted by Crippen LogP contribution is 2.42. The molecule has 0 radical (unpaired) electrons. The molecule has 1 aliphatic carbocycles. The molecular weight excluding hydrogens is 495 g/mol. The predicted octanol–water partition coefficient (Wildman–Crippen LogP) is 5.19. The topological polar surface area (TPSA) is 101 Å². The van der Waals surface area contributed by atoms with Crippen molar-refractivity contribution in [2.24, 2.45) is 0 Å². The molecule has 7 nitrogen and oxygen atoms in total. The van der Waals surface area contributed by atoms with Gasteiger partial charge in [0.25, 0.3) is 0 Å². The van der Waals surface area contributed by atoms with Gasteiger partial charge in [0.1, 0.15) is 21.6 Å². The van der Waals surface area contributed by atoms with E-state index in [1.807, 2.05) is 12.1 Å². The fourth-order valence-corrected chi connectivity index (χ4v) is 4.85. The quantitative estimate of drug-likeness (QED) is 0.471. The number of fused-ring (bicyclic) bond motifs is 2. The first kappa shape index (κ1) is 20.6. The van der Waals surface area contributed by atoms with Crippen LogP contribution in [-0.4, -0.2) is 26.0 Å². The van der Waals surface area contributed by atoms with Crippen molar-refractivity contribution in [3.63, 3.8) is 0 Å². The molecule has 2 aromatic heterocycles. The Kier molecular flexibility index (Phi) is 5.18. The van der Waals surface area contributed by atoms with E-state index in [9.17, 15) is 9.90 Å². The summed E-state index contributed by atoms with van der Waals surface area (Å²) in [6, 6.07) is 7.62. The van der Waals surface area contributed by atoms with Gasteiger partial charge in [-0.15, -0.1) is 0 Å². The van der Waals surface area contributed by atoms with E-state index < -0.39 is 6.09 Å². The van der Waals surface area contributed by atoms with E-state index in [1.54, 1.807) is 12.3 Å². The van der Waals surface area contributed by atoms with Crippen LogP contribution >= 0.6 is 22.6 Å². The molecule has 0 saturated heterocycles. The Morgan fingerprint density at radius 1 is 1.40 bits per heavy atom. The minimum Gasteiger partial charge on any atom is -0.484 e. The second kappa shape index (κ2) is 7.54. The lowest BCUT2D eigenvalue weighted by Crippen LogP contribution is -2.20. The Balaban J connectivity index is 1.84. The molecule has 1 unspecified atom stereocenters. The highest BCUT2D eigenvalue weighted by molar-refractivity contribution is 14.1. The number of benzene rings is 1. The number of rotatable bonds is 2. The van der Waals surface area contributed by atoms with Gasteiger partial charge in [-0.1, -0.05) is 20.8 Å². The van der Waals surface area contributed by atoms with Crippen molar-refractivity contribution in [3.8, 4) is 11.8 Å². The number of hydrogen-bond donors (Lipinski definition) is 1. The zero-order valence-electron chi connectivity index (χ0n) is 16.9. The van der Waals surface area contributed by atoms with Crippen LogP contribution in [0, 0.1) is 15.0 Å². The predicted molar refractivity (Wildman–Crippen MR) is 120 cm³/mol. The number of carboxylic acid groups (broad SMARTS) is 1. The van der Waals surface area contributed by atoms with Crippen molar-refractivity contribution in [1.29, 1.82) is 5.26 Å². The van der Waals surface area contributed by atoms with Gasteiger partial charge in [-0.3, -0.25) is 4.98 Å². The molecule has 0 bridgehead atoms. The molecular formula is C22H21IN4O3. The van der Waals surface area contributed by atoms with Gasteiger partial charge >= 0.3 is 6.09 Å². The van der Waals surface area contributed by atoms with Gasteiger partial charge < -0.3 is 9.84 Å². The third-order valence-electron chi connectivity index (χ3n) is 5.32. The Labute approximate surface area is 187 Å². The Morgan fingerprint density at radius 3 is 2.83 bits per heavy atom. The minimum absolute atomic E-state index is 0.216. The maximum atomic E-state index is 11.6. The van der Waals surface area contributed by atoms with Crippen LogP contribution in [0.25, 0.3) is 10.9 Å². The van der Waals surface area contributed by atoms with Gasteiger partial charge in [0.15, 0.2) is 0 Å². The summed E-state index contributed by atoms with van der Waals surface area (Å²) < 4.78 is 8.15. The lowest BCUT2D eigenvalue weighted by atomic mass is 9.84. The number of aromatic nitrogens is 3. The summed E-state index contributed by atoms with van der Waals surface area (Å²) in [5.74, 6) is 0.710. The first-order valence-corrected chi connectivity index (χ1v) is 10.8. The van der Waals surface area contributed by atoms with Crippen molar-refractivity contribution < 1.29 is 14.6 Å². The average molecular weight is 516 g/mol. The standard InChI is InChI=1S/C22H21IN4O3/c1-22(2,3)18-15(8-7-14-17(18)20(23)26-27(14)21(28)29)30-16-6-4-5-13-9-12(10-24)11-25-19(13)16/h7-9,11,16H,4-6H2,1-3H3,(H,28,29). The number of ether oxygens (including phenoxy) is 1. The first-order chi connectivity index (χ1) is 14.2. The van der Waals surface area contributed by atoms with Crippen LogP contribution in [-0.2, 0) is 11.8 Å². The first-order valence-electron chi connectivity index (χ1n) is 9.71. The summed E-state index contributed by atoms with van der Waals surface area (Å²) in [4.78, 5) is 16.1. The molecule has 0 spiro atoms. The molecule has 1 aliphatic rings. The zero-order valence-corrected chi connectivity index (χ0v) is 19.1. The highest BCUT2D eigenvalue weighted by atomic mass is 127. The normalized spacial score (nSPS) is 16.2. The molecule has 1 N–H and O–H groups in total. The molecule has 1 atom stereocenters. The van der Waals surface area contributed by atoms with Crippen LogP contribution in [0.1, 0.15) is 62.1 Å². The van der Waals surface area contributed by atoms with E-state index in [2.05, 4.69) is 59.5 Å². The third-order valence-corrected chi connectivity index (χ3v) is 6.07. The number of halogens is 1. The molecule has 154 valence electrons. The lowest BCUT2D eigenvalue weighted by molar-refractivity contribution is 0.175. The summed E-state index contributed by atoms with van der Waals surface area (Å²) in [5.41, 5.74) is 3.66. The maximum absolute atomic E-state index is 11.6. The highest BCUT2D eigenvalue weighted by Gasteiger charge is 2.30. The van der Waals surface area contributed by atoms with Crippen molar-refractivity contribution in [3.05, 3.63) is 50.5 Å². The second-order valence-electron chi connectivity index (χ2n) is 8.45. The number of nitrogens with zero attached hydrogens (tertiary/aromatic N) is 4. The van der Waals surface area contributed by atoms with E-state index in [-0.39, 0.29) is 11.5 Å². The lowest BCUT2D eigenvalue weighted by Gasteiger charge is -2.29. The SMILES string of the molecule is CC(C)(C)c1c(OC2CCCc3cc(C#N)cnc32)ccc2c1c(I)nn2C(=O)O. The summed E-state index contributed by atoms with van der Waals surface area (Å²) in [6.45, 7) is 6.24. The maximum Gasteiger partial charge on any atom is 0.432 e. The molecule has 30 heavy (non-hydrogen) atoms.